The number of hydrogen-bond acceptors (Lipinski definition) is 8. The number of aliphatic imine (C=N–C) groups is 1. The molecule has 9 heteroatoms. The predicted molar refractivity (Wildman–Crippen MR) is 115 cm³/mol. The number of nitrogens with one attached hydrogen (secondary N) is 2. The summed E-state index contributed by atoms with van der Waals surface area (Å²) in [5, 5.41) is 6.09. The largest absolute Gasteiger partial charge is 0.463 e. The van der Waals surface area contributed by atoms with Crippen LogP contribution in [0.15, 0.2) is 47.5 Å². The molecular formula is C21H23N7O2. The van der Waals surface area contributed by atoms with Gasteiger partial charge in [-0.1, -0.05) is 12.8 Å². The second-order valence-corrected chi connectivity index (χ2v) is 6.35. The maximum Gasteiger partial charge on any atom is 0.275 e. The van der Waals surface area contributed by atoms with Gasteiger partial charge in [0.05, 0.1) is 24.1 Å². The zero-order valence-electron chi connectivity index (χ0n) is 16.6. The van der Waals surface area contributed by atoms with E-state index in [1.54, 1.807) is 18.5 Å². The van der Waals surface area contributed by atoms with Gasteiger partial charge in [-0.05, 0) is 18.2 Å². The molecule has 0 radical (unpaired) electrons. The molecule has 2 aromatic rings. The summed E-state index contributed by atoms with van der Waals surface area (Å²) in [6, 6.07) is 3.62. The smallest absolute Gasteiger partial charge is 0.275 e. The number of carbonyl (C=O) groups excluding carboxylic acids is 1. The lowest BCUT2D eigenvalue weighted by molar-refractivity contribution is 0.0959. The fraction of sp³-hybridized carbons (Fsp3) is 0.286. The summed E-state index contributed by atoms with van der Waals surface area (Å²) in [6.45, 7) is 2.76. The summed E-state index contributed by atoms with van der Waals surface area (Å²) < 4.78 is 5.35. The number of nitrogens with two attached hydrogens (primary N) is 1. The molecule has 0 saturated carbocycles. The highest BCUT2D eigenvalue weighted by atomic mass is 16.5. The van der Waals surface area contributed by atoms with Gasteiger partial charge >= 0.3 is 0 Å². The number of ether oxygens (including phenoxy) is 1. The van der Waals surface area contributed by atoms with Crippen molar-refractivity contribution in [3.05, 3.63) is 48.2 Å². The summed E-state index contributed by atoms with van der Waals surface area (Å²) in [6.07, 6.45) is 9.20. The molecule has 0 aliphatic carbocycles. The molecule has 3 rings (SSSR count). The molecule has 1 unspecified atom stereocenters. The SMILES string of the molecule is CCC#CCOc1cnc(C(=O)NC2=CC=NC(CNc3cccnc3N)C2)cn1. The average Bonchev–Trinajstić information content (AvgIpc) is 2.77. The molecule has 154 valence electrons. The second kappa shape index (κ2) is 10.6. The molecule has 4 N–H and O–H groups in total. The van der Waals surface area contributed by atoms with Crippen molar-refractivity contribution in [3.8, 4) is 17.7 Å². The van der Waals surface area contributed by atoms with E-state index in [4.69, 9.17) is 10.5 Å². The number of nitrogens with zero attached hydrogens (tertiary/aromatic N) is 4. The Morgan fingerprint density at radius 3 is 2.97 bits per heavy atom. The monoisotopic (exact) mass is 405 g/mol. The Labute approximate surface area is 174 Å². The van der Waals surface area contributed by atoms with Crippen molar-refractivity contribution in [2.45, 2.75) is 25.8 Å². The van der Waals surface area contributed by atoms with Gasteiger partial charge in [0, 0.05) is 37.5 Å². The van der Waals surface area contributed by atoms with Crippen molar-refractivity contribution in [2.75, 3.05) is 24.2 Å². The standard InChI is InChI=1S/C21H23N7O2/c1-2-3-4-10-30-19-14-26-18(13-27-19)21(29)28-15-7-9-23-16(11-15)12-25-17-6-5-8-24-20(17)22/h5-9,13-14,16,25H,2,10-12H2,1H3,(H2,22,24)(H,28,29). The number of dihydropyridines is 1. The molecule has 1 aliphatic rings. The summed E-state index contributed by atoms with van der Waals surface area (Å²) >= 11 is 0. The highest BCUT2D eigenvalue weighted by Crippen LogP contribution is 2.16. The van der Waals surface area contributed by atoms with E-state index in [1.807, 2.05) is 19.1 Å². The third-order valence-corrected chi connectivity index (χ3v) is 4.12. The van der Waals surface area contributed by atoms with Crippen LogP contribution < -0.4 is 21.1 Å². The van der Waals surface area contributed by atoms with Crippen LogP contribution in [-0.2, 0) is 0 Å². The first-order chi connectivity index (χ1) is 14.7. The number of amides is 1. The lowest BCUT2D eigenvalue weighted by Crippen LogP contribution is -2.30. The minimum atomic E-state index is -0.343. The van der Waals surface area contributed by atoms with Gasteiger partial charge in [0.2, 0.25) is 5.88 Å². The first-order valence-electron chi connectivity index (χ1n) is 9.54. The van der Waals surface area contributed by atoms with Crippen LogP contribution in [0.2, 0.25) is 0 Å². The van der Waals surface area contributed by atoms with Gasteiger partial charge in [-0.25, -0.2) is 15.0 Å². The minimum absolute atomic E-state index is 0.0454. The fourth-order valence-corrected chi connectivity index (χ4v) is 2.65. The zero-order valence-corrected chi connectivity index (χ0v) is 16.6. The Kier molecular flexibility index (Phi) is 7.33. The topological polar surface area (TPSA) is 127 Å². The zero-order chi connectivity index (χ0) is 21.2. The lowest BCUT2D eigenvalue weighted by Gasteiger charge is -2.19. The number of hydrogen-bond donors (Lipinski definition) is 3. The van der Waals surface area contributed by atoms with Crippen LogP contribution in [0.4, 0.5) is 11.5 Å². The van der Waals surface area contributed by atoms with E-state index in [0.717, 1.165) is 17.8 Å². The highest BCUT2D eigenvalue weighted by molar-refractivity contribution is 5.93. The van der Waals surface area contributed by atoms with Crippen LogP contribution in [0, 0.1) is 11.8 Å². The molecule has 0 bridgehead atoms. The summed E-state index contributed by atoms with van der Waals surface area (Å²) in [5.41, 5.74) is 7.54. The third-order valence-electron chi connectivity index (χ3n) is 4.12. The van der Waals surface area contributed by atoms with E-state index in [-0.39, 0.29) is 24.2 Å². The first-order valence-corrected chi connectivity index (χ1v) is 9.54. The minimum Gasteiger partial charge on any atom is -0.463 e. The summed E-state index contributed by atoms with van der Waals surface area (Å²) in [4.78, 5) is 29.1. The second-order valence-electron chi connectivity index (χ2n) is 6.35. The fourth-order valence-electron chi connectivity index (χ4n) is 2.65. The van der Waals surface area contributed by atoms with Crippen LogP contribution in [0.3, 0.4) is 0 Å². The first kappa shape index (κ1) is 20.8. The quantitative estimate of drug-likeness (QED) is 0.600. The molecule has 2 aromatic heterocycles. The molecule has 3 heterocycles. The van der Waals surface area contributed by atoms with Gasteiger partial charge in [-0.15, -0.1) is 5.92 Å². The number of nitrogen functional groups attached to an aromatic ring is 1. The summed E-state index contributed by atoms with van der Waals surface area (Å²) in [5.74, 6) is 6.16. The van der Waals surface area contributed by atoms with Crippen molar-refractivity contribution in [1.82, 2.24) is 20.3 Å². The molecular weight excluding hydrogens is 382 g/mol. The van der Waals surface area contributed by atoms with E-state index in [9.17, 15) is 4.79 Å². The van der Waals surface area contributed by atoms with Crippen molar-refractivity contribution >= 4 is 23.6 Å². The molecule has 1 atom stereocenters. The molecule has 9 nitrogen and oxygen atoms in total. The Morgan fingerprint density at radius 1 is 1.30 bits per heavy atom. The van der Waals surface area contributed by atoms with E-state index < -0.39 is 0 Å². The maximum atomic E-state index is 12.5. The number of rotatable bonds is 7. The Morgan fingerprint density at radius 2 is 2.20 bits per heavy atom. The highest BCUT2D eigenvalue weighted by Gasteiger charge is 2.17. The average molecular weight is 405 g/mol. The Balaban J connectivity index is 1.49. The van der Waals surface area contributed by atoms with Crippen LogP contribution in [0.5, 0.6) is 5.88 Å². The molecule has 0 fully saturated rings. The van der Waals surface area contributed by atoms with Gasteiger partial charge in [-0.3, -0.25) is 9.79 Å². The molecule has 30 heavy (non-hydrogen) atoms. The van der Waals surface area contributed by atoms with E-state index in [0.29, 0.717) is 24.7 Å². The lowest BCUT2D eigenvalue weighted by atomic mass is 10.1. The van der Waals surface area contributed by atoms with Gasteiger partial charge < -0.3 is 21.1 Å². The van der Waals surface area contributed by atoms with Crippen molar-refractivity contribution in [2.24, 2.45) is 4.99 Å². The molecule has 0 saturated heterocycles. The van der Waals surface area contributed by atoms with Gasteiger partial charge in [0.1, 0.15) is 11.5 Å². The normalized spacial score (nSPS) is 14.8. The van der Waals surface area contributed by atoms with Crippen LogP contribution in [-0.4, -0.2) is 46.3 Å². The van der Waals surface area contributed by atoms with Gasteiger partial charge in [-0.2, -0.15) is 0 Å². The number of pyridine rings is 1. The summed E-state index contributed by atoms with van der Waals surface area (Å²) in [7, 11) is 0. The van der Waals surface area contributed by atoms with Crippen molar-refractivity contribution < 1.29 is 9.53 Å². The molecule has 1 aliphatic heterocycles. The number of aromatic nitrogens is 3. The van der Waals surface area contributed by atoms with E-state index in [1.165, 1.54) is 12.4 Å². The van der Waals surface area contributed by atoms with Gasteiger partial charge in [0.15, 0.2) is 6.61 Å². The number of carbonyl (C=O) groups is 1. The number of anilines is 2. The van der Waals surface area contributed by atoms with E-state index >= 15 is 0 Å². The number of allylic oxidation sites excluding steroid dienone is 1. The Hall–Kier alpha value is -3.93. The van der Waals surface area contributed by atoms with Crippen molar-refractivity contribution in [1.29, 1.82) is 0 Å². The molecule has 0 aromatic carbocycles. The van der Waals surface area contributed by atoms with Crippen molar-refractivity contribution in [3.63, 3.8) is 0 Å². The van der Waals surface area contributed by atoms with Crippen LogP contribution in [0.25, 0.3) is 0 Å². The molecule has 0 spiro atoms. The Bertz CT molecular complexity index is 990. The maximum absolute atomic E-state index is 12.5. The van der Waals surface area contributed by atoms with Crippen LogP contribution in [0.1, 0.15) is 30.3 Å². The van der Waals surface area contributed by atoms with Gasteiger partial charge in [0.25, 0.3) is 5.91 Å². The third kappa shape index (κ3) is 6.04. The predicted octanol–water partition coefficient (Wildman–Crippen LogP) is 1.81. The van der Waals surface area contributed by atoms with E-state index in [2.05, 4.69) is 42.4 Å². The van der Waals surface area contributed by atoms with Crippen LogP contribution >= 0.6 is 0 Å². The molecule has 1 amide bonds.